The molecule has 4 nitrogen and oxygen atoms in total. The molecule has 2 unspecified atom stereocenters. The van der Waals surface area contributed by atoms with Gasteiger partial charge in [0.05, 0.1) is 12.1 Å². The van der Waals surface area contributed by atoms with Crippen LogP contribution in [0.4, 0.5) is 0 Å². The summed E-state index contributed by atoms with van der Waals surface area (Å²) in [6.07, 6.45) is 1.83. The molecule has 1 heterocycles. The summed E-state index contributed by atoms with van der Waals surface area (Å²) in [6, 6.07) is 16.9. The van der Waals surface area contributed by atoms with Crippen LogP contribution < -0.4 is 11.1 Å². The van der Waals surface area contributed by atoms with Gasteiger partial charge in [-0.2, -0.15) is 0 Å². The Bertz CT molecular complexity index is 880. The van der Waals surface area contributed by atoms with Crippen molar-refractivity contribution in [2.45, 2.75) is 31.8 Å². The van der Waals surface area contributed by atoms with Crippen molar-refractivity contribution in [1.29, 1.82) is 0 Å². The number of benzene rings is 2. The third kappa shape index (κ3) is 4.95. The van der Waals surface area contributed by atoms with Crippen molar-refractivity contribution >= 4 is 28.8 Å². The van der Waals surface area contributed by atoms with Gasteiger partial charge in [-0.1, -0.05) is 67.4 Å². The van der Waals surface area contributed by atoms with Crippen LogP contribution in [0.25, 0.3) is 0 Å². The van der Waals surface area contributed by atoms with Gasteiger partial charge in [0.2, 0.25) is 0 Å². The highest BCUT2D eigenvalue weighted by Crippen LogP contribution is 2.25. The minimum absolute atomic E-state index is 0.122. The van der Waals surface area contributed by atoms with Crippen molar-refractivity contribution in [3.63, 3.8) is 0 Å². The van der Waals surface area contributed by atoms with Gasteiger partial charge in [0.15, 0.2) is 0 Å². The van der Waals surface area contributed by atoms with E-state index >= 15 is 0 Å². The van der Waals surface area contributed by atoms with E-state index < -0.39 is 0 Å². The molecular formula is C21H22ClN3OS. The molecule has 2 atom stereocenters. The van der Waals surface area contributed by atoms with Gasteiger partial charge >= 0.3 is 0 Å². The third-order valence-corrected chi connectivity index (χ3v) is 5.51. The number of carbonyl (C=O) groups is 1. The normalized spacial score (nSPS) is 13.1. The largest absolute Gasteiger partial charge is 0.340 e. The quantitative estimate of drug-likeness (QED) is 0.579. The number of thiazole rings is 1. The SMILES string of the molecule is CCCC(N)c1nc(C(=O)NC(c2ccccc2)c2ccc(Cl)cc2)cs1. The molecule has 3 N–H and O–H groups in total. The van der Waals surface area contributed by atoms with E-state index in [1.807, 2.05) is 54.6 Å². The number of amides is 1. The molecule has 0 saturated carbocycles. The second-order valence-corrected chi connectivity index (χ2v) is 7.66. The number of hydrogen-bond donors (Lipinski definition) is 2. The molecule has 0 spiro atoms. The van der Waals surface area contributed by atoms with Gasteiger partial charge in [-0.05, 0) is 29.7 Å². The van der Waals surface area contributed by atoms with Gasteiger partial charge in [0, 0.05) is 10.4 Å². The predicted molar refractivity (Wildman–Crippen MR) is 111 cm³/mol. The number of nitrogens with one attached hydrogen (secondary N) is 1. The lowest BCUT2D eigenvalue weighted by atomic mass is 9.98. The van der Waals surface area contributed by atoms with Gasteiger partial charge in [-0.25, -0.2) is 4.98 Å². The molecule has 0 fully saturated rings. The lowest BCUT2D eigenvalue weighted by Gasteiger charge is -2.19. The lowest BCUT2D eigenvalue weighted by Crippen LogP contribution is -2.29. The first kappa shape index (κ1) is 19.5. The number of nitrogens with two attached hydrogens (primary N) is 1. The molecule has 1 aromatic heterocycles. The monoisotopic (exact) mass is 399 g/mol. The Morgan fingerprint density at radius 3 is 2.48 bits per heavy atom. The van der Waals surface area contributed by atoms with E-state index in [9.17, 15) is 4.79 Å². The summed E-state index contributed by atoms with van der Waals surface area (Å²) in [5.41, 5.74) is 8.47. The molecule has 140 valence electrons. The van der Waals surface area contributed by atoms with Crippen molar-refractivity contribution in [2.75, 3.05) is 0 Å². The molecule has 2 aromatic carbocycles. The molecule has 0 aliphatic heterocycles. The van der Waals surface area contributed by atoms with Crippen molar-refractivity contribution in [2.24, 2.45) is 5.73 Å². The topological polar surface area (TPSA) is 68.0 Å². The maximum atomic E-state index is 12.8. The maximum absolute atomic E-state index is 12.8. The predicted octanol–water partition coefficient (Wildman–Crippen LogP) is 5.12. The Hall–Kier alpha value is -2.21. The fraction of sp³-hybridized carbons (Fsp3) is 0.238. The van der Waals surface area contributed by atoms with E-state index in [0.29, 0.717) is 10.7 Å². The van der Waals surface area contributed by atoms with E-state index in [2.05, 4.69) is 17.2 Å². The standard InChI is InChI=1S/C21H22ClN3OS/c1-2-6-17(23)21-24-18(13-27-21)20(26)25-19(14-7-4-3-5-8-14)15-9-11-16(22)12-10-15/h3-5,7-13,17,19H,2,6,23H2,1H3,(H,25,26). The first-order valence-electron chi connectivity index (χ1n) is 8.90. The zero-order valence-corrected chi connectivity index (χ0v) is 16.6. The highest BCUT2D eigenvalue weighted by Gasteiger charge is 2.20. The molecule has 27 heavy (non-hydrogen) atoms. The van der Waals surface area contributed by atoms with Gasteiger partial charge in [0.25, 0.3) is 5.91 Å². The van der Waals surface area contributed by atoms with Crippen LogP contribution in [0.5, 0.6) is 0 Å². The van der Waals surface area contributed by atoms with E-state index in [4.69, 9.17) is 17.3 Å². The Labute approximate surface area is 168 Å². The lowest BCUT2D eigenvalue weighted by molar-refractivity contribution is 0.0938. The zero-order chi connectivity index (χ0) is 19.2. The summed E-state index contributed by atoms with van der Waals surface area (Å²) < 4.78 is 0. The Balaban J connectivity index is 1.84. The van der Waals surface area contributed by atoms with Gasteiger partial charge in [0.1, 0.15) is 10.7 Å². The summed E-state index contributed by atoms with van der Waals surface area (Å²) in [7, 11) is 0. The van der Waals surface area contributed by atoms with Crippen molar-refractivity contribution in [1.82, 2.24) is 10.3 Å². The highest BCUT2D eigenvalue weighted by molar-refractivity contribution is 7.09. The minimum Gasteiger partial charge on any atom is -0.340 e. The second-order valence-electron chi connectivity index (χ2n) is 6.33. The first-order valence-corrected chi connectivity index (χ1v) is 10.2. The summed E-state index contributed by atoms with van der Waals surface area (Å²) in [5, 5.41) is 6.31. The average molecular weight is 400 g/mol. The van der Waals surface area contributed by atoms with Crippen LogP contribution in [0, 0.1) is 0 Å². The van der Waals surface area contributed by atoms with Crippen LogP contribution in [-0.2, 0) is 0 Å². The molecule has 0 radical (unpaired) electrons. The minimum atomic E-state index is -0.287. The fourth-order valence-electron chi connectivity index (χ4n) is 2.86. The zero-order valence-electron chi connectivity index (χ0n) is 15.1. The summed E-state index contributed by atoms with van der Waals surface area (Å²) >= 11 is 7.45. The Kier molecular flexibility index (Phi) is 6.61. The van der Waals surface area contributed by atoms with Crippen LogP contribution in [0.3, 0.4) is 0 Å². The number of halogens is 1. The molecular weight excluding hydrogens is 378 g/mol. The summed E-state index contributed by atoms with van der Waals surface area (Å²) in [6.45, 7) is 2.08. The Morgan fingerprint density at radius 1 is 1.15 bits per heavy atom. The van der Waals surface area contributed by atoms with Crippen LogP contribution in [-0.4, -0.2) is 10.9 Å². The van der Waals surface area contributed by atoms with E-state index in [1.54, 1.807) is 5.38 Å². The molecule has 0 saturated heterocycles. The first-order chi connectivity index (χ1) is 13.1. The Morgan fingerprint density at radius 2 is 1.81 bits per heavy atom. The third-order valence-electron chi connectivity index (χ3n) is 4.28. The molecule has 0 bridgehead atoms. The highest BCUT2D eigenvalue weighted by atomic mass is 35.5. The second kappa shape index (κ2) is 9.13. The average Bonchev–Trinajstić information content (AvgIpc) is 3.18. The molecule has 3 rings (SSSR count). The summed E-state index contributed by atoms with van der Waals surface area (Å²) in [5.74, 6) is -0.218. The fourth-order valence-corrected chi connectivity index (χ4v) is 3.82. The maximum Gasteiger partial charge on any atom is 0.271 e. The van der Waals surface area contributed by atoms with Crippen LogP contribution in [0.1, 0.15) is 58.5 Å². The van der Waals surface area contributed by atoms with E-state index in [1.165, 1.54) is 11.3 Å². The number of rotatable bonds is 7. The van der Waals surface area contributed by atoms with Crippen molar-refractivity contribution < 1.29 is 4.79 Å². The smallest absolute Gasteiger partial charge is 0.271 e. The molecule has 3 aromatic rings. The van der Waals surface area contributed by atoms with Gasteiger partial charge in [-0.3, -0.25) is 4.79 Å². The molecule has 0 aliphatic carbocycles. The van der Waals surface area contributed by atoms with Gasteiger partial charge < -0.3 is 11.1 Å². The van der Waals surface area contributed by atoms with Crippen LogP contribution >= 0.6 is 22.9 Å². The molecule has 6 heteroatoms. The number of carbonyl (C=O) groups excluding carboxylic acids is 1. The molecule has 0 aliphatic rings. The van der Waals surface area contributed by atoms with Gasteiger partial charge in [-0.15, -0.1) is 11.3 Å². The van der Waals surface area contributed by atoms with Crippen LogP contribution in [0.2, 0.25) is 5.02 Å². The van der Waals surface area contributed by atoms with E-state index in [-0.39, 0.29) is 18.0 Å². The van der Waals surface area contributed by atoms with Crippen molar-refractivity contribution in [3.8, 4) is 0 Å². The summed E-state index contributed by atoms with van der Waals surface area (Å²) in [4.78, 5) is 17.3. The number of aromatic nitrogens is 1. The number of nitrogens with zero attached hydrogens (tertiary/aromatic N) is 1. The van der Waals surface area contributed by atoms with Crippen LogP contribution in [0.15, 0.2) is 60.0 Å². The molecule has 1 amide bonds. The van der Waals surface area contributed by atoms with E-state index in [0.717, 1.165) is 29.0 Å². The van der Waals surface area contributed by atoms with Crippen molar-refractivity contribution in [3.05, 3.63) is 86.8 Å². The number of hydrogen-bond acceptors (Lipinski definition) is 4.